The Morgan fingerprint density at radius 2 is 1.51 bits per heavy atom. The van der Waals surface area contributed by atoms with Gasteiger partial charge in [0.25, 0.3) is 11.5 Å². The van der Waals surface area contributed by atoms with Crippen LogP contribution in [0.15, 0.2) is 114 Å². The monoisotopic (exact) mass is 745 g/mol. The smallest absolute Gasteiger partial charge is 0.280 e. The molecule has 1 fully saturated rings. The average molecular weight is 746 g/mol. The van der Waals surface area contributed by atoms with Gasteiger partial charge in [-0.2, -0.15) is 4.98 Å². The number of carbonyl (C=O) groups excluding carboxylic acids is 1. The van der Waals surface area contributed by atoms with E-state index in [0.717, 1.165) is 22.3 Å². The van der Waals surface area contributed by atoms with Gasteiger partial charge < -0.3 is 28.8 Å². The summed E-state index contributed by atoms with van der Waals surface area (Å²) in [6, 6.07) is 32.7. The summed E-state index contributed by atoms with van der Waals surface area (Å²) in [5.74, 6) is 1.71. The van der Waals surface area contributed by atoms with Crippen molar-refractivity contribution in [1.82, 2.24) is 19.5 Å². The third-order valence-corrected chi connectivity index (χ3v) is 9.76. The standard InChI is InChI=1S/C42H43N5O8/c1-26(2)27-10-16-33(17-11-27)53-24-36(49)44-41-45-39-38(40(50)46-41)43-25-47(39)37-22-34(48)35(55-37)23-54-42(28-8-6-5-7-9-28,29-12-18-31(51-3)19-13-29)30-14-20-32(52-4)21-15-30/h5-21,25-26,34-35,37,48H,22-24H2,1-4H3,(H2,44,45,46,49,50)/t34-,35+,37+/m0/s1. The number of H-pyrrole nitrogens is 1. The first-order chi connectivity index (χ1) is 26.7. The van der Waals surface area contributed by atoms with E-state index in [4.69, 9.17) is 23.7 Å². The fraction of sp³-hybridized carbons (Fsp3) is 0.286. The number of aromatic nitrogens is 4. The number of methoxy groups -OCH3 is 2. The molecule has 4 aromatic carbocycles. The van der Waals surface area contributed by atoms with E-state index in [0.29, 0.717) is 23.2 Å². The molecule has 2 aromatic heterocycles. The predicted octanol–water partition coefficient (Wildman–Crippen LogP) is 5.93. The predicted molar refractivity (Wildman–Crippen MR) is 206 cm³/mol. The number of rotatable bonds is 14. The number of aliphatic hydroxyl groups excluding tert-OH is 1. The van der Waals surface area contributed by atoms with E-state index < -0.39 is 35.5 Å². The van der Waals surface area contributed by atoms with E-state index in [1.807, 2.05) is 103 Å². The maximum Gasteiger partial charge on any atom is 0.280 e. The lowest BCUT2D eigenvalue weighted by molar-refractivity contribution is -0.118. The first kappa shape index (κ1) is 37.3. The van der Waals surface area contributed by atoms with Gasteiger partial charge in [-0.1, -0.05) is 80.6 Å². The SMILES string of the molecule is COc1ccc(C(OC[C@H]2O[C@@H](n3cnc4c(=O)[nH]c(NC(=O)COc5ccc(C(C)C)cc5)nc43)C[C@@H]2O)(c2ccccc2)c2ccc(OC)cc2)cc1. The maximum absolute atomic E-state index is 13.0. The van der Waals surface area contributed by atoms with Crippen molar-refractivity contribution in [2.45, 2.75) is 50.2 Å². The number of nitrogens with zero attached hydrogens (tertiary/aromatic N) is 3. The molecular formula is C42H43N5O8. The summed E-state index contributed by atoms with van der Waals surface area (Å²) in [6.45, 7) is 3.89. The van der Waals surface area contributed by atoms with Gasteiger partial charge in [0.2, 0.25) is 5.95 Å². The zero-order chi connectivity index (χ0) is 38.5. The van der Waals surface area contributed by atoms with Crippen LogP contribution in [0.25, 0.3) is 11.2 Å². The molecule has 0 bridgehead atoms. The highest BCUT2D eigenvalue weighted by molar-refractivity contribution is 5.90. The highest BCUT2D eigenvalue weighted by Gasteiger charge is 2.42. The normalized spacial score (nSPS) is 17.0. The fourth-order valence-corrected chi connectivity index (χ4v) is 6.78. The summed E-state index contributed by atoms with van der Waals surface area (Å²) in [6.07, 6.45) is -0.837. The van der Waals surface area contributed by atoms with Gasteiger partial charge in [0, 0.05) is 6.42 Å². The van der Waals surface area contributed by atoms with Crippen LogP contribution in [-0.4, -0.2) is 70.2 Å². The van der Waals surface area contributed by atoms with Gasteiger partial charge in [-0.3, -0.25) is 24.5 Å². The average Bonchev–Trinajstić information content (AvgIpc) is 3.81. The Hall–Kier alpha value is -6.02. The summed E-state index contributed by atoms with van der Waals surface area (Å²) in [7, 11) is 3.23. The molecule has 3 heterocycles. The molecule has 0 aliphatic carbocycles. The lowest BCUT2D eigenvalue weighted by Crippen LogP contribution is -2.38. The summed E-state index contributed by atoms with van der Waals surface area (Å²) in [5.41, 5.74) is 2.26. The van der Waals surface area contributed by atoms with Crippen molar-refractivity contribution in [3.05, 3.63) is 142 Å². The van der Waals surface area contributed by atoms with E-state index in [1.54, 1.807) is 18.8 Å². The van der Waals surface area contributed by atoms with E-state index in [1.165, 1.54) is 6.33 Å². The van der Waals surface area contributed by atoms with Crippen LogP contribution in [0.1, 0.15) is 54.7 Å². The molecule has 1 aliphatic rings. The minimum atomic E-state index is -1.12. The van der Waals surface area contributed by atoms with Crippen molar-refractivity contribution in [2.75, 3.05) is 32.8 Å². The second-order valence-corrected chi connectivity index (χ2v) is 13.5. The highest BCUT2D eigenvalue weighted by atomic mass is 16.6. The first-order valence-electron chi connectivity index (χ1n) is 18.0. The van der Waals surface area contributed by atoms with Crippen LogP contribution in [0, 0.1) is 0 Å². The van der Waals surface area contributed by atoms with Crippen molar-refractivity contribution in [3.8, 4) is 17.2 Å². The third kappa shape index (κ3) is 7.81. The number of aromatic amines is 1. The molecule has 6 aromatic rings. The maximum atomic E-state index is 13.0. The summed E-state index contributed by atoms with van der Waals surface area (Å²) in [5, 5.41) is 14.0. The fourth-order valence-electron chi connectivity index (χ4n) is 6.78. The second kappa shape index (κ2) is 16.1. The number of hydrogen-bond acceptors (Lipinski definition) is 10. The van der Waals surface area contributed by atoms with Gasteiger partial charge in [0.15, 0.2) is 17.8 Å². The molecule has 7 rings (SSSR count). The second-order valence-electron chi connectivity index (χ2n) is 13.5. The van der Waals surface area contributed by atoms with E-state index in [9.17, 15) is 14.7 Å². The number of carbonyl (C=O) groups is 1. The van der Waals surface area contributed by atoms with Crippen molar-refractivity contribution in [3.63, 3.8) is 0 Å². The van der Waals surface area contributed by atoms with Crippen molar-refractivity contribution in [2.24, 2.45) is 0 Å². The number of ether oxygens (including phenoxy) is 5. The Kier molecular flexibility index (Phi) is 11.0. The highest BCUT2D eigenvalue weighted by Crippen LogP contribution is 2.43. The molecule has 1 amide bonds. The molecule has 0 unspecified atom stereocenters. The Bertz CT molecular complexity index is 2230. The van der Waals surface area contributed by atoms with Gasteiger partial charge in [0.05, 0.1) is 33.3 Å². The van der Waals surface area contributed by atoms with Crippen LogP contribution in [0.4, 0.5) is 5.95 Å². The van der Waals surface area contributed by atoms with Crippen LogP contribution >= 0.6 is 0 Å². The number of nitrogens with one attached hydrogen (secondary N) is 2. The zero-order valence-corrected chi connectivity index (χ0v) is 31.0. The van der Waals surface area contributed by atoms with Crippen LogP contribution in [0.5, 0.6) is 17.2 Å². The third-order valence-electron chi connectivity index (χ3n) is 9.76. The molecule has 55 heavy (non-hydrogen) atoms. The van der Waals surface area contributed by atoms with Gasteiger partial charge >= 0.3 is 0 Å². The Balaban J connectivity index is 1.12. The van der Waals surface area contributed by atoms with E-state index >= 15 is 0 Å². The number of amides is 1. The molecular weight excluding hydrogens is 702 g/mol. The van der Waals surface area contributed by atoms with Gasteiger partial charge in [0.1, 0.15) is 35.2 Å². The molecule has 1 saturated heterocycles. The molecule has 0 spiro atoms. The number of benzene rings is 4. The lowest BCUT2D eigenvalue weighted by Gasteiger charge is -2.37. The van der Waals surface area contributed by atoms with Crippen LogP contribution < -0.4 is 25.1 Å². The summed E-state index contributed by atoms with van der Waals surface area (Å²) in [4.78, 5) is 37.1. The molecule has 13 heteroatoms. The largest absolute Gasteiger partial charge is 0.497 e. The Morgan fingerprint density at radius 3 is 2.11 bits per heavy atom. The van der Waals surface area contributed by atoms with Gasteiger partial charge in [-0.15, -0.1) is 0 Å². The minimum absolute atomic E-state index is 0.00718. The minimum Gasteiger partial charge on any atom is -0.497 e. The molecule has 0 radical (unpaired) electrons. The van der Waals surface area contributed by atoms with Crippen LogP contribution in [-0.2, 0) is 19.9 Å². The van der Waals surface area contributed by atoms with E-state index in [2.05, 4.69) is 34.1 Å². The molecule has 3 N–H and O–H groups in total. The molecule has 284 valence electrons. The first-order valence-corrected chi connectivity index (χ1v) is 18.0. The van der Waals surface area contributed by atoms with Gasteiger partial charge in [-0.25, -0.2) is 4.98 Å². The van der Waals surface area contributed by atoms with Crippen molar-refractivity contribution < 1.29 is 33.6 Å². The van der Waals surface area contributed by atoms with Crippen LogP contribution in [0.2, 0.25) is 0 Å². The Morgan fingerprint density at radius 1 is 0.909 bits per heavy atom. The number of fused-ring (bicyclic) bond motifs is 1. The summed E-state index contributed by atoms with van der Waals surface area (Å²) >= 11 is 0. The van der Waals surface area contributed by atoms with Gasteiger partial charge in [-0.05, 0) is 64.6 Å². The zero-order valence-electron chi connectivity index (χ0n) is 31.0. The lowest BCUT2D eigenvalue weighted by atomic mass is 9.80. The summed E-state index contributed by atoms with van der Waals surface area (Å²) < 4.78 is 31.5. The number of aliphatic hydroxyl groups is 1. The van der Waals surface area contributed by atoms with Crippen LogP contribution in [0.3, 0.4) is 0 Å². The number of imidazole rings is 1. The van der Waals surface area contributed by atoms with Crippen molar-refractivity contribution in [1.29, 1.82) is 0 Å². The molecule has 3 atom stereocenters. The quantitative estimate of drug-likeness (QED) is 0.114. The van der Waals surface area contributed by atoms with E-state index in [-0.39, 0.29) is 36.7 Å². The number of anilines is 1. The van der Waals surface area contributed by atoms with Crippen molar-refractivity contribution >= 4 is 23.0 Å². The molecule has 13 nitrogen and oxygen atoms in total. The number of hydrogen-bond donors (Lipinski definition) is 3. The molecule has 0 saturated carbocycles. The topological polar surface area (TPSA) is 159 Å². The molecule has 1 aliphatic heterocycles. The Labute approximate surface area is 317 Å².